The number of fused-ring (bicyclic) bond motifs is 1. The quantitative estimate of drug-likeness (QED) is 0.906. The van der Waals surface area contributed by atoms with Gasteiger partial charge in [0.1, 0.15) is 18.2 Å². The van der Waals surface area contributed by atoms with Crippen LogP contribution in [0.25, 0.3) is 0 Å². The van der Waals surface area contributed by atoms with E-state index in [0.29, 0.717) is 24.5 Å². The van der Waals surface area contributed by atoms with Crippen molar-refractivity contribution >= 4 is 11.9 Å². The van der Waals surface area contributed by atoms with Crippen LogP contribution in [0.3, 0.4) is 0 Å². The number of carboxylic acids is 1. The molecule has 1 N–H and O–H groups in total. The highest BCUT2D eigenvalue weighted by atomic mass is 19.1. The Labute approximate surface area is 127 Å². The number of hydrogen-bond acceptors (Lipinski definition) is 3. The molecular weight excluding hydrogens is 289 g/mol. The third-order valence-corrected chi connectivity index (χ3v) is 4.67. The van der Waals surface area contributed by atoms with E-state index in [1.54, 1.807) is 24.8 Å². The third-order valence-electron chi connectivity index (χ3n) is 4.67. The second kappa shape index (κ2) is 4.97. The molecule has 2 aliphatic rings. The van der Waals surface area contributed by atoms with Crippen molar-refractivity contribution in [1.29, 1.82) is 0 Å². The minimum Gasteiger partial charge on any atom is -0.491 e. The fourth-order valence-electron chi connectivity index (χ4n) is 3.31. The van der Waals surface area contributed by atoms with Crippen LogP contribution in [0.5, 0.6) is 5.75 Å². The maximum Gasteiger partial charge on any atom is 0.307 e. The fraction of sp³-hybridized carbons (Fsp3) is 0.500. The van der Waals surface area contributed by atoms with Gasteiger partial charge in [0.15, 0.2) is 0 Å². The molecule has 1 amide bonds. The standard InChI is InChI=1S/C16H18FNO4/c1-16(2)12(13(16)15(20)21)14(19)18-5-6-22-11-4-3-10(17)7-9(11)8-18/h3-4,7,12-13H,5-6,8H2,1-2H3,(H,20,21)/t12-,13+/m1/s1. The first-order valence-electron chi connectivity index (χ1n) is 7.25. The minimum atomic E-state index is -0.944. The van der Waals surface area contributed by atoms with Gasteiger partial charge in [-0.15, -0.1) is 0 Å². The molecule has 0 unspecified atom stereocenters. The van der Waals surface area contributed by atoms with Crippen molar-refractivity contribution in [2.45, 2.75) is 20.4 Å². The van der Waals surface area contributed by atoms with Gasteiger partial charge in [-0.25, -0.2) is 4.39 Å². The normalized spacial score (nSPS) is 25.7. The Morgan fingerprint density at radius 3 is 2.73 bits per heavy atom. The van der Waals surface area contributed by atoms with Gasteiger partial charge in [0.2, 0.25) is 5.91 Å². The summed E-state index contributed by atoms with van der Waals surface area (Å²) < 4.78 is 18.9. The largest absolute Gasteiger partial charge is 0.491 e. The summed E-state index contributed by atoms with van der Waals surface area (Å²) in [6.45, 7) is 4.50. The van der Waals surface area contributed by atoms with Crippen LogP contribution in [-0.2, 0) is 16.1 Å². The van der Waals surface area contributed by atoms with Crippen LogP contribution in [0.4, 0.5) is 4.39 Å². The molecule has 5 nitrogen and oxygen atoms in total. The van der Waals surface area contributed by atoms with Gasteiger partial charge in [-0.1, -0.05) is 13.8 Å². The highest BCUT2D eigenvalue weighted by Crippen LogP contribution is 2.59. The van der Waals surface area contributed by atoms with Crippen molar-refractivity contribution in [2.24, 2.45) is 17.3 Å². The number of aliphatic carboxylic acids is 1. The summed E-state index contributed by atoms with van der Waals surface area (Å²) in [5.74, 6) is -2.14. The van der Waals surface area contributed by atoms with Crippen LogP contribution in [0.2, 0.25) is 0 Å². The molecule has 2 atom stereocenters. The Morgan fingerprint density at radius 2 is 2.09 bits per heavy atom. The number of amides is 1. The molecule has 6 heteroatoms. The molecule has 0 saturated heterocycles. The molecule has 3 rings (SSSR count). The molecular formula is C16H18FNO4. The van der Waals surface area contributed by atoms with E-state index in [-0.39, 0.29) is 18.3 Å². The number of halogens is 1. The van der Waals surface area contributed by atoms with Crippen LogP contribution < -0.4 is 4.74 Å². The average molecular weight is 307 g/mol. The second-order valence-electron chi connectivity index (χ2n) is 6.48. The molecule has 1 heterocycles. The summed E-state index contributed by atoms with van der Waals surface area (Å²) in [5, 5.41) is 9.21. The number of rotatable bonds is 2. The highest BCUT2D eigenvalue weighted by molar-refractivity contribution is 5.91. The Hall–Kier alpha value is -2.11. The zero-order chi connectivity index (χ0) is 16.1. The average Bonchev–Trinajstić information content (AvgIpc) is 3.07. The van der Waals surface area contributed by atoms with Crippen molar-refractivity contribution < 1.29 is 23.8 Å². The predicted octanol–water partition coefficient (Wildman–Crippen LogP) is 1.90. The van der Waals surface area contributed by atoms with Crippen molar-refractivity contribution in [2.75, 3.05) is 13.2 Å². The van der Waals surface area contributed by atoms with Crippen LogP contribution >= 0.6 is 0 Å². The summed E-state index contributed by atoms with van der Waals surface area (Å²) in [6, 6.07) is 4.23. The summed E-state index contributed by atoms with van der Waals surface area (Å²) in [5.41, 5.74) is 0.0667. The van der Waals surface area contributed by atoms with Gasteiger partial charge in [0.05, 0.1) is 18.4 Å². The van der Waals surface area contributed by atoms with E-state index in [0.717, 1.165) is 0 Å². The van der Waals surface area contributed by atoms with Crippen LogP contribution in [0.1, 0.15) is 19.4 Å². The van der Waals surface area contributed by atoms with E-state index in [4.69, 9.17) is 4.74 Å². The maximum absolute atomic E-state index is 13.4. The summed E-state index contributed by atoms with van der Waals surface area (Å²) in [4.78, 5) is 25.5. The Morgan fingerprint density at radius 1 is 1.36 bits per heavy atom. The molecule has 1 aliphatic heterocycles. The molecule has 1 fully saturated rings. The number of carbonyl (C=O) groups excluding carboxylic acids is 1. The predicted molar refractivity (Wildman–Crippen MR) is 75.7 cm³/mol. The molecule has 0 aromatic heterocycles. The topological polar surface area (TPSA) is 66.8 Å². The zero-order valence-corrected chi connectivity index (χ0v) is 12.5. The number of carbonyl (C=O) groups is 2. The van der Waals surface area contributed by atoms with Crippen molar-refractivity contribution in [3.05, 3.63) is 29.6 Å². The van der Waals surface area contributed by atoms with Gasteiger partial charge < -0.3 is 14.7 Å². The van der Waals surface area contributed by atoms with E-state index in [9.17, 15) is 19.1 Å². The first-order valence-corrected chi connectivity index (χ1v) is 7.25. The van der Waals surface area contributed by atoms with Crippen LogP contribution in [0.15, 0.2) is 18.2 Å². The van der Waals surface area contributed by atoms with Crippen molar-refractivity contribution in [3.63, 3.8) is 0 Å². The lowest BCUT2D eigenvalue weighted by Gasteiger charge is -2.20. The lowest BCUT2D eigenvalue weighted by Crippen LogP contribution is -2.35. The highest BCUT2D eigenvalue weighted by Gasteiger charge is 2.66. The molecule has 0 radical (unpaired) electrons. The lowest BCUT2D eigenvalue weighted by molar-refractivity contribution is -0.142. The number of nitrogens with zero attached hydrogens (tertiary/aromatic N) is 1. The molecule has 0 bridgehead atoms. The molecule has 118 valence electrons. The van der Waals surface area contributed by atoms with Gasteiger partial charge in [-0.05, 0) is 23.6 Å². The van der Waals surface area contributed by atoms with E-state index in [1.807, 2.05) is 0 Å². The minimum absolute atomic E-state index is 0.196. The second-order valence-corrected chi connectivity index (χ2v) is 6.48. The lowest BCUT2D eigenvalue weighted by atomic mass is 10.1. The van der Waals surface area contributed by atoms with Crippen LogP contribution in [-0.4, -0.2) is 35.0 Å². The van der Waals surface area contributed by atoms with Crippen molar-refractivity contribution in [3.8, 4) is 5.75 Å². The van der Waals surface area contributed by atoms with Gasteiger partial charge in [0.25, 0.3) is 0 Å². The molecule has 1 saturated carbocycles. The van der Waals surface area contributed by atoms with E-state index >= 15 is 0 Å². The zero-order valence-electron chi connectivity index (χ0n) is 12.5. The SMILES string of the molecule is CC1(C)[C@H](C(=O)O)[C@@H]1C(=O)N1CCOc2ccc(F)cc2C1. The molecule has 1 aromatic carbocycles. The smallest absolute Gasteiger partial charge is 0.307 e. The summed E-state index contributed by atoms with van der Waals surface area (Å²) in [6.07, 6.45) is 0. The van der Waals surface area contributed by atoms with Crippen molar-refractivity contribution in [1.82, 2.24) is 4.90 Å². The van der Waals surface area contributed by atoms with Gasteiger partial charge in [0, 0.05) is 12.1 Å². The number of hydrogen-bond donors (Lipinski definition) is 1. The fourth-order valence-corrected chi connectivity index (χ4v) is 3.31. The first kappa shape index (κ1) is 14.8. The number of carboxylic acid groups (broad SMARTS) is 1. The van der Waals surface area contributed by atoms with Gasteiger partial charge in [-0.3, -0.25) is 9.59 Å². The number of ether oxygens (including phenoxy) is 1. The summed E-state index contributed by atoms with van der Waals surface area (Å²) in [7, 11) is 0. The van der Waals surface area contributed by atoms with Gasteiger partial charge >= 0.3 is 5.97 Å². The van der Waals surface area contributed by atoms with E-state index < -0.39 is 23.2 Å². The molecule has 22 heavy (non-hydrogen) atoms. The van der Waals surface area contributed by atoms with Gasteiger partial charge in [-0.2, -0.15) is 0 Å². The van der Waals surface area contributed by atoms with E-state index in [1.165, 1.54) is 12.1 Å². The van der Waals surface area contributed by atoms with E-state index in [2.05, 4.69) is 0 Å². The maximum atomic E-state index is 13.4. The molecule has 1 aliphatic carbocycles. The monoisotopic (exact) mass is 307 g/mol. The molecule has 0 spiro atoms. The molecule has 1 aromatic rings. The third kappa shape index (κ3) is 2.32. The Bertz CT molecular complexity index is 643. The Balaban J connectivity index is 1.81. The Kier molecular flexibility index (Phi) is 3.34. The number of benzene rings is 1. The first-order chi connectivity index (χ1) is 10.3. The van der Waals surface area contributed by atoms with Crippen LogP contribution in [0, 0.1) is 23.1 Å². The summed E-state index contributed by atoms with van der Waals surface area (Å²) >= 11 is 0.